The first-order valence-electron chi connectivity index (χ1n) is 9.46. The second kappa shape index (κ2) is 8.11. The fourth-order valence-electron chi connectivity index (χ4n) is 3.21. The fraction of sp³-hybridized carbons (Fsp3) is 0.136. The lowest BCUT2D eigenvalue weighted by Gasteiger charge is -2.15. The number of non-ortho nitro benzene ring substituents is 1. The first-order chi connectivity index (χ1) is 14.8. The Labute approximate surface area is 181 Å². The van der Waals surface area contributed by atoms with E-state index in [4.69, 9.17) is 0 Å². The lowest BCUT2D eigenvalue weighted by molar-refractivity contribution is -0.384. The molecule has 2 aromatic carbocycles. The number of carbonyl (C=O) groups excluding carboxylic acids is 1. The summed E-state index contributed by atoms with van der Waals surface area (Å²) in [6, 6.07) is 12.6. The van der Waals surface area contributed by atoms with Crippen molar-refractivity contribution in [3.05, 3.63) is 86.3 Å². The van der Waals surface area contributed by atoms with Gasteiger partial charge in [-0.05, 0) is 43.7 Å². The first-order valence-corrected chi connectivity index (χ1v) is 10.3. The zero-order valence-corrected chi connectivity index (χ0v) is 17.6. The Hall–Kier alpha value is -3.85. The molecule has 0 saturated carbocycles. The number of benzene rings is 2. The van der Waals surface area contributed by atoms with Gasteiger partial charge in [0.2, 0.25) is 5.91 Å². The van der Waals surface area contributed by atoms with Gasteiger partial charge in [0.25, 0.3) is 11.2 Å². The number of nitrogens with one attached hydrogen (secondary N) is 1. The van der Waals surface area contributed by atoms with E-state index >= 15 is 0 Å². The quantitative estimate of drug-likeness (QED) is 0.366. The maximum Gasteiger partial charge on any atom is 0.269 e. The second-order valence-corrected chi connectivity index (χ2v) is 7.98. The van der Waals surface area contributed by atoms with Crippen molar-refractivity contribution in [2.75, 3.05) is 5.32 Å². The number of hydrogen-bond donors (Lipinski definition) is 1. The van der Waals surface area contributed by atoms with Gasteiger partial charge in [-0.3, -0.25) is 24.3 Å². The minimum atomic E-state index is -0.782. The highest BCUT2D eigenvalue weighted by Crippen LogP contribution is 2.31. The predicted octanol–water partition coefficient (Wildman–Crippen LogP) is 4.54. The van der Waals surface area contributed by atoms with E-state index in [1.165, 1.54) is 34.4 Å². The molecule has 0 aliphatic carbocycles. The van der Waals surface area contributed by atoms with Crippen LogP contribution in [0.5, 0.6) is 0 Å². The Bertz CT molecular complexity index is 1340. The van der Waals surface area contributed by atoms with Gasteiger partial charge in [-0.25, -0.2) is 4.98 Å². The average molecular weight is 434 g/mol. The number of thiophene rings is 1. The van der Waals surface area contributed by atoms with Crippen LogP contribution in [0.3, 0.4) is 0 Å². The van der Waals surface area contributed by atoms with Crippen molar-refractivity contribution < 1.29 is 9.72 Å². The molecule has 156 valence electrons. The highest BCUT2D eigenvalue weighted by Gasteiger charge is 2.20. The summed E-state index contributed by atoms with van der Waals surface area (Å²) in [6.07, 6.45) is 1.38. The van der Waals surface area contributed by atoms with E-state index in [1.54, 1.807) is 36.6 Å². The van der Waals surface area contributed by atoms with Crippen molar-refractivity contribution in [1.82, 2.24) is 9.55 Å². The van der Waals surface area contributed by atoms with Crippen LogP contribution >= 0.6 is 11.3 Å². The number of aryl methyl sites for hydroxylation is 1. The summed E-state index contributed by atoms with van der Waals surface area (Å²) in [4.78, 5) is 41.3. The van der Waals surface area contributed by atoms with Crippen molar-refractivity contribution >= 4 is 38.8 Å². The number of carbonyl (C=O) groups is 1. The first kappa shape index (κ1) is 20.4. The van der Waals surface area contributed by atoms with Crippen molar-refractivity contribution in [1.29, 1.82) is 0 Å². The number of anilines is 1. The third-order valence-corrected chi connectivity index (χ3v) is 5.91. The Morgan fingerprint density at radius 3 is 2.48 bits per heavy atom. The van der Waals surface area contributed by atoms with E-state index in [-0.39, 0.29) is 17.2 Å². The molecule has 1 atom stereocenters. The number of amides is 1. The van der Waals surface area contributed by atoms with Gasteiger partial charge in [-0.15, -0.1) is 11.3 Å². The summed E-state index contributed by atoms with van der Waals surface area (Å²) >= 11 is 1.31. The van der Waals surface area contributed by atoms with Crippen LogP contribution in [0, 0.1) is 17.0 Å². The van der Waals surface area contributed by atoms with Crippen LogP contribution in [-0.2, 0) is 4.79 Å². The van der Waals surface area contributed by atoms with E-state index in [0.29, 0.717) is 27.0 Å². The number of aromatic nitrogens is 2. The van der Waals surface area contributed by atoms with Gasteiger partial charge in [0.15, 0.2) is 0 Å². The van der Waals surface area contributed by atoms with Gasteiger partial charge >= 0.3 is 0 Å². The van der Waals surface area contributed by atoms with Crippen LogP contribution < -0.4 is 10.9 Å². The monoisotopic (exact) mass is 434 g/mol. The largest absolute Gasteiger partial charge is 0.324 e. The zero-order valence-electron chi connectivity index (χ0n) is 16.7. The second-order valence-electron chi connectivity index (χ2n) is 7.12. The topological polar surface area (TPSA) is 107 Å². The molecule has 1 unspecified atom stereocenters. The third-order valence-electron chi connectivity index (χ3n) is 5.02. The standard InChI is InChI=1S/C22H18N4O4S/c1-13-3-7-16(8-4-13)24-20(27)14(2)25-12-23-21-19(22(25)28)18(11-31-21)15-5-9-17(10-6-15)26(29)30/h3-12,14H,1-2H3,(H,24,27). The molecule has 0 saturated heterocycles. The smallest absolute Gasteiger partial charge is 0.269 e. The Kier molecular flexibility index (Phi) is 5.35. The molecule has 31 heavy (non-hydrogen) atoms. The number of nitro groups is 1. The lowest BCUT2D eigenvalue weighted by atomic mass is 10.1. The van der Waals surface area contributed by atoms with Crippen molar-refractivity contribution in [3.8, 4) is 11.1 Å². The van der Waals surface area contributed by atoms with E-state index in [9.17, 15) is 19.7 Å². The van der Waals surface area contributed by atoms with Crippen LogP contribution in [0.4, 0.5) is 11.4 Å². The minimum absolute atomic E-state index is 0.0276. The van der Waals surface area contributed by atoms with Gasteiger partial charge < -0.3 is 5.32 Å². The van der Waals surface area contributed by atoms with Crippen LogP contribution in [-0.4, -0.2) is 20.4 Å². The third kappa shape index (κ3) is 3.95. The number of nitrogens with zero attached hydrogens (tertiary/aromatic N) is 3. The number of nitro benzene ring substituents is 1. The minimum Gasteiger partial charge on any atom is -0.324 e. The van der Waals surface area contributed by atoms with Crippen molar-refractivity contribution in [3.63, 3.8) is 0 Å². The molecule has 2 heterocycles. The molecule has 0 aliphatic rings. The molecule has 0 aliphatic heterocycles. The Morgan fingerprint density at radius 2 is 1.84 bits per heavy atom. The SMILES string of the molecule is Cc1ccc(NC(=O)C(C)n2cnc3scc(-c4ccc([N+](=O)[O-])cc4)c3c2=O)cc1. The summed E-state index contributed by atoms with van der Waals surface area (Å²) in [7, 11) is 0. The normalized spacial score (nSPS) is 11.9. The van der Waals surface area contributed by atoms with E-state index in [2.05, 4.69) is 10.3 Å². The molecule has 4 aromatic rings. The molecule has 9 heteroatoms. The molecule has 1 N–H and O–H groups in total. The van der Waals surface area contributed by atoms with Gasteiger partial charge in [-0.1, -0.05) is 17.7 Å². The van der Waals surface area contributed by atoms with Crippen LogP contribution in [0.2, 0.25) is 0 Å². The number of hydrogen-bond acceptors (Lipinski definition) is 6. The fourth-order valence-corrected chi connectivity index (χ4v) is 4.11. The number of rotatable bonds is 5. The summed E-state index contributed by atoms with van der Waals surface area (Å²) in [5, 5.41) is 15.9. The van der Waals surface area contributed by atoms with Crippen LogP contribution in [0.15, 0.2) is 65.0 Å². The van der Waals surface area contributed by atoms with Crippen molar-refractivity contribution in [2.45, 2.75) is 19.9 Å². The summed E-state index contributed by atoms with van der Waals surface area (Å²) in [5.41, 5.74) is 2.66. The van der Waals surface area contributed by atoms with Gasteiger partial charge in [0, 0.05) is 28.8 Å². The Morgan fingerprint density at radius 1 is 1.16 bits per heavy atom. The molecular weight excluding hydrogens is 416 g/mol. The summed E-state index contributed by atoms with van der Waals surface area (Å²) in [5.74, 6) is -0.334. The maximum absolute atomic E-state index is 13.2. The maximum atomic E-state index is 13.2. The molecule has 0 spiro atoms. The highest BCUT2D eigenvalue weighted by molar-refractivity contribution is 7.17. The van der Waals surface area contributed by atoms with Gasteiger partial charge in [0.1, 0.15) is 10.9 Å². The zero-order chi connectivity index (χ0) is 22.1. The summed E-state index contributed by atoms with van der Waals surface area (Å²) in [6.45, 7) is 3.59. The van der Waals surface area contributed by atoms with Crippen LogP contribution in [0.25, 0.3) is 21.3 Å². The molecule has 4 rings (SSSR count). The van der Waals surface area contributed by atoms with Crippen molar-refractivity contribution in [2.24, 2.45) is 0 Å². The Balaban J connectivity index is 1.69. The van der Waals surface area contributed by atoms with Crippen LogP contribution in [0.1, 0.15) is 18.5 Å². The lowest BCUT2D eigenvalue weighted by Crippen LogP contribution is -2.31. The van der Waals surface area contributed by atoms with Gasteiger partial charge in [-0.2, -0.15) is 0 Å². The molecule has 1 amide bonds. The molecule has 0 fully saturated rings. The highest BCUT2D eigenvalue weighted by atomic mass is 32.1. The number of fused-ring (bicyclic) bond motifs is 1. The van der Waals surface area contributed by atoms with E-state index in [0.717, 1.165) is 5.56 Å². The molecular formula is C22H18N4O4S. The van der Waals surface area contributed by atoms with E-state index < -0.39 is 11.0 Å². The predicted molar refractivity (Wildman–Crippen MR) is 120 cm³/mol. The molecule has 8 nitrogen and oxygen atoms in total. The van der Waals surface area contributed by atoms with E-state index in [1.807, 2.05) is 19.1 Å². The molecule has 0 bridgehead atoms. The summed E-state index contributed by atoms with van der Waals surface area (Å²) < 4.78 is 1.30. The van der Waals surface area contributed by atoms with Gasteiger partial charge in [0.05, 0.1) is 16.6 Å². The molecule has 2 aromatic heterocycles. The molecule has 0 radical (unpaired) electrons. The average Bonchev–Trinajstić information content (AvgIpc) is 3.20.